The van der Waals surface area contributed by atoms with Crippen molar-refractivity contribution < 1.29 is 22.8 Å². The van der Waals surface area contributed by atoms with E-state index in [0.29, 0.717) is 19.5 Å². The molecule has 7 heteroatoms. The van der Waals surface area contributed by atoms with E-state index in [0.717, 1.165) is 13.1 Å². The van der Waals surface area contributed by atoms with Crippen LogP contribution in [0.2, 0.25) is 0 Å². The summed E-state index contributed by atoms with van der Waals surface area (Å²) in [6.07, 6.45) is 0.522. The van der Waals surface area contributed by atoms with Crippen molar-refractivity contribution in [3.63, 3.8) is 0 Å². The van der Waals surface area contributed by atoms with Gasteiger partial charge in [-0.25, -0.2) is 0 Å². The molecule has 1 spiro atoms. The molecule has 0 unspecified atom stereocenters. The van der Waals surface area contributed by atoms with Gasteiger partial charge >= 0.3 is 146 Å². The third-order valence-electron chi connectivity index (χ3n) is 6.05. The van der Waals surface area contributed by atoms with Gasteiger partial charge < -0.3 is 0 Å². The Kier molecular flexibility index (Phi) is 4.05. The van der Waals surface area contributed by atoms with Crippen LogP contribution >= 0.6 is 7.51 Å². The molecule has 3 saturated heterocycles. The van der Waals surface area contributed by atoms with E-state index in [9.17, 15) is 0 Å². The fraction of sp³-hybridized carbons (Fsp3) is 1.00. The number of ether oxygens (including phenoxy) is 1. The van der Waals surface area contributed by atoms with Gasteiger partial charge in [0.15, 0.2) is 0 Å². The summed E-state index contributed by atoms with van der Waals surface area (Å²) in [5, 5.41) is 0. The number of rotatable bonds is 2. The molecule has 0 atom stereocenters. The molecule has 0 saturated carbocycles. The normalized spacial score (nSPS) is 37.1. The first-order valence-corrected chi connectivity index (χ1v) is 11.0. The van der Waals surface area contributed by atoms with E-state index in [-0.39, 0.29) is 0 Å². The Bertz CT molecular complexity index is 450. The van der Waals surface area contributed by atoms with E-state index >= 15 is 0 Å². The quantitative estimate of drug-likeness (QED) is 0.698. The predicted molar refractivity (Wildman–Crippen MR) is 94.8 cm³/mol. The summed E-state index contributed by atoms with van der Waals surface area (Å²) in [6.45, 7) is 19.5. The molecular weight excluding hydrogens is 329 g/mol. The first-order chi connectivity index (χ1) is 10.7. The van der Waals surface area contributed by atoms with Gasteiger partial charge in [-0.1, -0.05) is 0 Å². The SMILES string of the molecule is CC1(C)OP2(CN3CCOCC3)(OC1(C)C)OC(C)(C)C(C)(C)O2. The molecule has 6 nitrogen and oxygen atoms in total. The van der Waals surface area contributed by atoms with Gasteiger partial charge in [0.2, 0.25) is 0 Å². The Morgan fingerprint density at radius 1 is 0.667 bits per heavy atom. The second kappa shape index (κ2) is 5.13. The van der Waals surface area contributed by atoms with Crippen molar-refractivity contribution in [1.29, 1.82) is 0 Å². The van der Waals surface area contributed by atoms with E-state index in [1.54, 1.807) is 0 Å². The van der Waals surface area contributed by atoms with Crippen LogP contribution in [-0.2, 0) is 22.8 Å². The first kappa shape index (κ1) is 19.0. The summed E-state index contributed by atoms with van der Waals surface area (Å²) in [4.78, 5) is 2.29. The topological polar surface area (TPSA) is 49.4 Å². The van der Waals surface area contributed by atoms with Crippen molar-refractivity contribution >= 4 is 7.51 Å². The summed E-state index contributed by atoms with van der Waals surface area (Å²) in [7, 11) is -3.78. The van der Waals surface area contributed by atoms with Gasteiger partial charge in [-0.05, 0) is 0 Å². The number of nitrogens with zero attached hydrogens (tertiary/aromatic N) is 1. The van der Waals surface area contributed by atoms with Crippen LogP contribution in [0.3, 0.4) is 0 Å². The average molecular weight is 363 g/mol. The van der Waals surface area contributed by atoms with Crippen molar-refractivity contribution in [2.24, 2.45) is 0 Å². The number of morpholine rings is 1. The molecule has 0 aromatic rings. The van der Waals surface area contributed by atoms with Gasteiger partial charge in [0.05, 0.1) is 0 Å². The van der Waals surface area contributed by atoms with Crippen molar-refractivity contribution in [3.8, 4) is 0 Å². The van der Waals surface area contributed by atoms with Crippen molar-refractivity contribution in [3.05, 3.63) is 0 Å². The molecule has 3 rings (SSSR count). The second-order valence-corrected chi connectivity index (χ2v) is 12.2. The molecule has 0 radical (unpaired) electrons. The predicted octanol–water partition coefficient (Wildman–Crippen LogP) is 3.70. The van der Waals surface area contributed by atoms with Gasteiger partial charge in [0, 0.05) is 0 Å². The van der Waals surface area contributed by atoms with Crippen LogP contribution in [0.15, 0.2) is 0 Å². The van der Waals surface area contributed by atoms with E-state index in [4.69, 9.17) is 22.8 Å². The van der Waals surface area contributed by atoms with Gasteiger partial charge in [0.1, 0.15) is 0 Å². The third kappa shape index (κ3) is 2.75. The Labute approximate surface area is 146 Å². The molecule has 0 N–H and O–H groups in total. The van der Waals surface area contributed by atoms with Gasteiger partial charge in [0.25, 0.3) is 0 Å². The van der Waals surface area contributed by atoms with Crippen LogP contribution in [-0.4, -0.2) is 59.9 Å². The Hall–Kier alpha value is 0.190. The molecule has 0 aromatic carbocycles. The fourth-order valence-corrected chi connectivity index (χ4v) is 9.30. The number of hydrogen-bond acceptors (Lipinski definition) is 6. The minimum atomic E-state index is -3.78. The van der Waals surface area contributed by atoms with Crippen LogP contribution in [0.1, 0.15) is 55.4 Å². The molecule has 3 aliphatic heterocycles. The second-order valence-electron chi connectivity index (χ2n) is 9.24. The molecule has 3 aliphatic rings. The Morgan fingerprint density at radius 2 is 1.00 bits per heavy atom. The van der Waals surface area contributed by atoms with Crippen molar-refractivity contribution in [2.75, 3.05) is 32.6 Å². The summed E-state index contributed by atoms with van der Waals surface area (Å²) in [5.74, 6) is 0. The van der Waals surface area contributed by atoms with E-state index < -0.39 is 29.9 Å². The van der Waals surface area contributed by atoms with E-state index in [1.165, 1.54) is 0 Å². The molecule has 0 bridgehead atoms. The van der Waals surface area contributed by atoms with Crippen LogP contribution in [0.4, 0.5) is 0 Å². The Balaban J connectivity index is 2.03. The summed E-state index contributed by atoms with van der Waals surface area (Å²) >= 11 is 0. The molecular formula is C17H34NO5P. The zero-order chi connectivity index (χ0) is 18.1. The van der Waals surface area contributed by atoms with Gasteiger partial charge in [-0.3, -0.25) is 0 Å². The van der Waals surface area contributed by atoms with E-state index in [1.807, 2.05) is 0 Å². The molecule has 24 heavy (non-hydrogen) atoms. The van der Waals surface area contributed by atoms with Crippen LogP contribution < -0.4 is 0 Å². The summed E-state index contributed by atoms with van der Waals surface area (Å²) < 4.78 is 32.1. The molecule has 0 aliphatic carbocycles. The van der Waals surface area contributed by atoms with Crippen LogP contribution in [0.25, 0.3) is 0 Å². The zero-order valence-corrected chi connectivity index (χ0v) is 17.4. The average Bonchev–Trinajstić information content (AvgIpc) is 2.60. The first-order valence-electron chi connectivity index (χ1n) is 8.89. The molecule has 3 heterocycles. The maximum atomic E-state index is 6.66. The Morgan fingerprint density at radius 3 is 1.33 bits per heavy atom. The molecule has 0 aromatic heterocycles. The molecule has 142 valence electrons. The van der Waals surface area contributed by atoms with E-state index in [2.05, 4.69) is 60.3 Å². The van der Waals surface area contributed by atoms with Crippen molar-refractivity contribution in [2.45, 2.75) is 77.8 Å². The number of hydrogen-bond donors (Lipinski definition) is 0. The summed E-state index contributed by atoms with van der Waals surface area (Å²) in [5.41, 5.74) is -2.03. The minimum absolute atomic E-state index is 0.506. The molecule has 0 amide bonds. The van der Waals surface area contributed by atoms with Crippen LogP contribution in [0, 0.1) is 0 Å². The van der Waals surface area contributed by atoms with Crippen molar-refractivity contribution in [1.82, 2.24) is 4.90 Å². The fourth-order valence-electron chi connectivity index (χ4n) is 3.50. The van der Waals surface area contributed by atoms with Gasteiger partial charge in [-0.2, -0.15) is 0 Å². The monoisotopic (exact) mass is 363 g/mol. The standard InChI is InChI=1S/C17H34NO5P/c1-14(2)15(3,4)21-24(20-14,13-18-9-11-19-12-10-18)22-16(5,6)17(7,8)23-24/h9-13H2,1-8H3. The van der Waals surface area contributed by atoms with Crippen LogP contribution in [0.5, 0.6) is 0 Å². The maximum absolute atomic E-state index is 6.66. The third-order valence-corrected chi connectivity index (χ3v) is 10.2. The molecule has 3 fully saturated rings. The zero-order valence-electron chi connectivity index (χ0n) is 16.5. The van der Waals surface area contributed by atoms with Gasteiger partial charge in [-0.15, -0.1) is 0 Å². The summed E-state index contributed by atoms with van der Waals surface area (Å²) in [6, 6.07) is 0.